The van der Waals surface area contributed by atoms with Crippen molar-refractivity contribution >= 4 is 56.4 Å². The first-order chi connectivity index (χ1) is 9.63. The summed E-state index contributed by atoms with van der Waals surface area (Å²) < 4.78 is 0.947. The molecule has 0 fully saturated rings. The molecule has 3 N–H and O–H groups in total. The van der Waals surface area contributed by atoms with Crippen molar-refractivity contribution in [3.05, 3.63) is 28.1 Å². The van der Waals surface area contributed by atoms with Crippen LogP contribution in [0.5, 0.6) is 0 Å². The van der Waals surface area contributed by atoms with Crippen molar-refractivity contribution in [1.29, 1.82) is 0 Å². The minimum atomic E-state index is -0.0935. The Morgan fingerprint density at radius 3 is 3.00 bits per heavy atom. The van der Waals surface area contributed by atoms with Gasteiger partial charge in [-0.1, -0.05) is 11.6 Å². The van der Waals surface area contributed by atoms with Crippen molar-refractivity contribution in [2.24, 2.45) is 0 Å². The summed E-state index contributed by atoms with van der Waals surface area (Å²) in [5.74, 6) is 1.03. The molecule has 3 nitrogen and oxygen atoms in total. The minimum Gasteiger partial charge on any atom is -0.397 e. The van der Waals surface area contributed by atoms with Gasteiger partial charge in [-0.05, 0) is 43.0 Å². The monoisotopic (exact) mass is 328 g/mol. The van der Waals surface area contributed by atoms with Crippen LogP contribution in [0.2, 0.25) is 5.02 Å². The highest BCUT2D eigenvalue weighted by atomic mass is 35.5. The third kappa shape index (κ3) is 3.59. The highest BCUT2D eigenvalue weighted by Crippen LogP contribution is 2.35. The number of nitrogens with two attached hydrogens (primary N) is 1. The number of benzene rings is 1. The van der Waals surface area contributed by atoms with E-state index in [0.717, 1.165) is 28.7 Å². The van der Waals surface area contributed by atoms with Crippen LogP contribution in [0.25, 0.3) is 10.1 Å². The summed E-state index contributed by atoms with van der Waals surface area (Å²) in [6.45, 7) is 0.688. The van der Waals surface area contributed by atoms with Gasteiger partial charge >= 0.3 is 0 Å². The highest BCUT2D eigenvalue weighted by molar-refractivity contribution is 7.98. The van der Waals surface area contributed by atoms with Crippen LogP contribution in [0.15, 0.2) is 18.2 Å². The molecule has 1 heterocycles. The van der Waals surface area contributed by atoms with Crippen LogP contribution in [0.3, 0.4) is 0 Å². The van der Waals surface area contributed by atoms with E-state index in [9.17, 15) is 4.79 Å². The predicted molar refractivity (Wildman–Crippen MR) is 91.2 cm³/mol. The molecule has 0 saturated carbocycles. The molecule has 0 aliphatic carbocycles. The lowest BCUT2D eigenvalue weighted by molar-refractivity contribution is 0.0958. The lowest BCUT2D eigenvalue weighted by Crippen LogP contribution is -2.24. The molecule has 2 rings (SSSR count). The molecule has 1 aromatic heterocycles. The molecule has 0 atom stereocenters. The molecule has 0 unspecified atom stereocenters. The summed E-state index contributed by atoms with van der Waals surface area (Å²) in [6, 6.07) is 5.49. The number of amides is 1. The van der Waals surface area contributed by atoms with Crippen molar-refractivity contribution in [3.63, 3.8) is 0 Å². The maximum atomic E-state index is 12.1. The van der Waals surface area contributed by atoms with Gasteiger partial charge in [0.1, 0.15) is 4.88 Å². The van der Waals surface area contributed by atoms with Gasteiger partial charge in [0.05, 0.1) is 5.69 Å². The Labute approximate surface area is 131 Å². The molecule has 0 aliphatic rings. The topological polar surface area (TPSA) is 55.1 Å². The molecule has 1 amide bonds. The van der Waals surface area contributed by atoms with Gasteiger partial charge in [-0.15, -0.1) is 11.3 Å². The number of hydrogen-bond acceptors (Lipinski definition) is 4. The number of anilines is 1. The van der Waals surface area contributed by atoms with Crippen LogP contribution < -0.4 is 11.1 Å². The second-order valence-electron chi connectivity index (χ2n) is 4.44. The zero-order valence-corrected chi connectivity index (χ0v) is 13.6. The normalized spacial score (nSPS) is 10.9. The van der Waals surface area contributed by atoms with Gasteiger partial charge in [0.2, 0.25) is 0 Å². The molecular weight excluding hydrogens is 312 g/mol. The molecule has 0 aliphatic heterocycles. The van der Waals surface area contributed by atoms with E-state index in [2.05, 4.69) is 11.6 Å². The lowest BCUT2D eigenvalue weighted by Gasteiger charge is -2.03. The number of unbranched alkanes of at least 4 members (excludes halogenated alkanes) is 1. The fourth-order valence-corrected chi connectivity index (χ4v) is 3.72. The number of carbonyl (C=O) groups is 1. The molecule has 6 heteroatoms. The largest absolute Gasteiger partial charge is 0.397 e. The van der Waals surface area contributed by atoms with Gasteiger partial charge in [-0.25, -0.2) is 0 Å². The molecule has 108 valence electrons. The van der Waals surface area contributed by atoms with Crippen LogP contribution in [0, 0.1) is 0 Å². The van der Waals surface area contributed by atoms with E-state index < -0.39 is 0 Å². The second-order valence-corrected chi connectivity index (χ2v) is 6.92. The lowest BCUT2D eigenvalue weighted by atomic mass is 10.2. The van der Waals surface area contributed by atoms with Crippen molar-refractivity contribution in [1.82, 2.24) is 5.32 Å². The number of nitrogens with one attached hydrogen (secondary N) is 1. The summed E-state index contributed by atoms with van der Waals surface area (Å²) in [7, 11) is 0. The number of rotatable bonds is 6. The maximum Gasteiger partial charge on any atom is 0.263 e. The van der Waals surface area contributed by atoms with Crippen LogP contribution in [-0.2, 0) is 0 Å². The molecule has 0 saturated heterocycles. The van der Waals surface area contributed by atoms with Gasteiger partial charge in [-0.3, -0.25) is 4.79 Å². The van der Waals surface area contributed by atoms with Crippen molar-refractivity contribution < 1.29 is 4.79 Å². The molecule has 0 radical (unpaired) electrons. The number of carbonyl (C=O) groups excluding carboxylic acids is 1. The molecule has 2 aromatic rings. The summed E-state index contributed by atoms with van der Waals surface area (Å²) in [5.41, 5.74) is 6.59. The van der Waals surface area contributed by atoms with Crippen molar-refractivity contribution in [3.8, 4) is 0 Å². The summed E-state index contributed by atoms with van der Waals surface area (Å²) in [4.78, 5) is 12.7. The van der Waals surface area contributed by atoms with Crippen molar-refractivity contribution in [2.75, 3.05) is 24.3 Å². The van der Waals surface area contributed by atoms with Gasteiger partial charge < -0.3 is 11.1 Å². The predicted octanol–water partition coefficient (Wildman–Crippen LogP) is 4.01. The van der Waals surface area contributed by atoms with Gasteiger partial charge in [0, 0.05) is 21.7 Å². The first-order valence-electron chi connectivity index (χ1n) is 6.38. The Bertz CT molecular complexity index is 612. The van der Waals surface area contributed by atoms with Crippen LogP contribution in [0.4, 0.5) is 5.69 Å². The zero-order chi connectivity index (χ0) is 14.5. The third-order valence-corrected chi connectivity index (χ3v) is 5.06. The zero-order valence-electron chi connectivity index (χ0n) is 11.2. The number of nitrogen functional groups attached to an aromatic ring is 1. The first kappa shape index (κ1) is 15.5. The minimum absolute atomic E-state index is 0.0935. The van der Waals surface area contributed by atoms with E-state index >= 15 is 0 Å². The number of hydrogen-bond donors (Lipinski definition) is 2. The average molecular weight is 329 g/mol. The number of thiophene rings is 1. The second kappa shape index (κ2) is 7.20. The number of fused-ring (bicyclic) bond motifs is 1. The fourth-order valence-electron chi connectivity index (χ4n) is 1.91. The molecule has 1 aromatic carbocycles. The molecule has 0 spiro atoms. The van der Waals surface area contributed by atoms with E-state index in [1.807, 2.05) is 23.9 Å². The maximum absolute atomic E-state index is 12.1. The summed E-state index contributed by atoms with van der Waals surface area (Å²) in [5, 5.41) is 4.47. The fraction of sp³-hybridized carbons (Fsp3) is 0.357. The van der Waals surface area contributed by atoms with Gasteiger partial charge in [0.15, 0.2) is 0 Å². The molecule has 0 bridgehead atoms. The summed E-state index contributed by atoms with van der Waals surface area (Å²) >= 11 is 9.16. The Kier molecular flexibility index (Phi) is 5.57. The van der Waals surface area contributed by atoms with Crippen LogP contribution in [-0.4, -0.2) is 24.5 Å². The smallest absolute Gasteiger partial charge is 0.263 e. The summed E-state index contributed by atoms with van der Waals surface area (Å²) in [6.07, 6.45) is 4.18. The first-order valence-corrected chi connectivity index (χ1v) is 8.97. The van der Waals surface area contributed by atoms with E-state index in [-0.39, 0.29) is 5.91 Å². The van der Waals surface area contributed by atoms with Crippen LogP contribution in [0.1, 0.15) is 22.5 Å². The number of halogens is 1. The third-order valence-electron chi connectivity index (χ3n) is 2.96. The Morgan fingerprint density at radius 1 is 1.45 bits per heavy atom. The average Bonchev–Trinajstić information content (AvgIpc) is 2.75. The van der Waals surface area contributed by atoms with Crippen LogP contribution >= 0.6 is 34.7 Å². The molecular formula is C14H17ClN2OS2. The standard InChI is InChI=1S/C14H17ClN2OS2/c1-19-7-3-2-6-17-14(18)13-12(16)10-5-4-9(15)8-11(10)20-13/h4-5,8H,2-3,6-7,16H2,1H3,(H,17,18). The highest BCUT2D eigenvalue weighted by Gasteiger charge is 2.15. The Balaban J connectivity index is 2.04. The van der Waals surface area contributed by atoms with Crippen molar-refractivity contribution in [2.45, 2.75) is 12.8 Å². The van der Waals surface area contributed by atoms with E-state index in [1.165, 1.54) is 11.3 Å². The van der Waals surface area contributed by atoms with Gasteiger partial charge in [-0.2, -0.15) is 11.8 Å². The Morgan fingerprint density at radius 2 is 2.25 bits per heavy atom. The van der Waals surface area contributed by atoms with E-state index in [0.29, 0.717) is 22.1 Å². The van der Waals surface area contributed by atoms with E-state index in [1.54, 1.807) is 6.07 Å². The quantitative estimate of drug-likeness (QED) is 0.788. The SMILES string of the molecule is CSCCCCNC(=O)c1sc2cc(Cl)ccc2c1N. The van der Waals surface area contributed by atoms with E-state index in [4.69, 9.17) is 17.3 Å². The number of thioether (sulfide) groups is 1. The molecule has 20 heavy (non-hydrogen) atoms. The van der Waals surface area contributed by atoms with Gasteiger partial charge in [0.25, 0.3) is 5.91 Å². The Hall–Kier alpha value is -0.910.